The summed E-state index contributed by atoms with van der Waals surface area (Å²) in [5, 5.41) is 7.06. The Morgan fingerprint density at radius 2 is 1.86 bits per heavy atom. The van der Waals surface area contributed by atoms with Gasteiger partial charge in [0, 0.05) is 24.7 Å². The third-order valence-corrected chi connectivity index (χ3v) is 7.01. The van der Waals surface area contributed by atoms with Crippen molar-refractivity contribution >= 4 is 33.6 Å². The highest BCUT2D eigenvalue weighted by molar-refractivity contribution is 7.89. The number of nitrogens with one attached hydrogen (secondary N) is 3. The van der Waals surface area contributed by atoms with Gasteiger partial charge in [0.15, 0.2) is 0 Å². The second kappa shape index (κ2) is 7.47. The molecule has 0 saturated carbocycles. The van der Waals surface area contributed by atoms with E-state index in [-0.39, 0.29) is 24.9 Å². The van der Waals surface area contributed by atoms with E-state index in [1.54, 1.807) is 0 Å². The lowest BCUT2D eigenvalue weighted by atomic mass is 9.97. The van der Waals surface area contributed by atoms with E-state index >= 15 is 0 Å². The molecule has 0 aliphatic carbocycles. The molecule has 0 bridgehead atoms. The Bertz CT molecular complexity index is 897. The Morgan fingerprint density at radius 1 is 1.25 bits per heavy atom. The molecule has 3 N–H and O–H groups in total. The molecule has 9 nitrogen and oxygen atoms in total. The van der Waals surface area contributed by atoms with E-state index in [1.807, 2.05) is 5.32 Å². The van der Waals surface area contributed by atoms with Gasteiger partial charge in [-0.2, -0.15) is 0 Å². The number of rotatable bonds is 5. The summed E-state index contributed by atoms with van der Waals surface area (Å²) in [5.74, 6) is -2.27. The van der Waals surface area contributed by atoms with Crippen molar-refractivity contribution in [3.63, 3.8) is 0 Å². The molecule has 0 spiro atoms. The minimum absolute atomic E-state index is 0.134. The van der Waals surface area contributed by atoms with Gasteiger partial charge in [-0.1, -0.05) is 0 Å². The summed E-state index contributed by atoms with van der Waals surface area (Å²) in [6.45, 7) is 1.62. The normalized spacial score (nSPS) is 23.9. The quantitative estimate of drug-likeness (QED) is 0.604. The number of sulfonamides is 1. The van der Waals surface area contributed by atoms with Gasteiger partial charge in [0.25, 0.3) is 5.91 Å². The van der Waals surface area contributed by atoms with Crippen LogP contribution >= 0.6 is 0 Å². The van der Waals surface area contributed by atoms with Crippen molar-refractivity contribution < 1.29 is 27.2 Å². The van der Waals surface area contributed by atoms with Gasteiger partial charge in [0.1, 0.15) is 11.4 Å². The Balaban J connectivity index is 1.56. The fraction of sp³-hybridized carbons (Fsp3) is 0.471. The maximum atomic E-state index is 12.9. The molecule has 2 fully saturated rings. The second-order valence-corrected chi connectivity index (χ2v) is 9.13. The highest BCUT2D eigenvalue weighted by atomic mass is 32.2. The van der Waals surface area contributed by atoms with Crippen LogP contribution in [0.15, 0.2) is 24.3 Å². The predicted octanol–water partition coefficient (Wildman–Crippen LogP) is 0.404. The zero-order valence-corrected chi connectivity index (χ0v) is 16.0. The highest BCUT2D eigenvalue weighted by Crippen LogP contribution is 2.24. The molecule has 1 aromatic rings. The second-order valence-electron chi connectivity index (χ2n) is 7.17. The van der Waals surface area contributed by atoms with Crippen LogP contribution < -0.4 is 16.0 Å². The number of benzene rings is 1. The van der Waals surface area contributed by atoms with E-state index in [2.05, 4.69) is 10.6 Å². The van der Waals surface area contributed by atoms with Gasteiger partial charge in [-0.3, -0.25) is 14.9 Å². The van der Waals surface area contributed by atoms with Gasteiger partial charge in [-0.15, -0.1) is 0 Å². The number of nitrogens with zero attached hydrogens (tertiary/aromatic N) is 1. The van der Waals surface area contributed by atoms with Crippen LogP contribution in [0.3, 0.4) is 0 Å². The lowest BCUT2D eigenvalue weighted by Gasteiger charge is -2.32. The molecule has 1 atom stereocenters. The number of amides is 4. The first-order valence-electron chi connectivity index (χ1n) is 8.77. The van der Waals surface area contributed by atoms with Crippen LogP contribution in [0, 0.1) is 11.7 Å². The van der Waals surface area contributed by atoms with Gasteiger partial charge in [0.05, 0.1) is 5.75 Å². The third-order valence-electron chi connectivity index (χ3n) is 4.92. The van der Waals surface area contributed by atoms with E-state index < -0.39 is 39.1 Å². The zero-order chi connectivity index (χ0) is 20.5. The molecule has 28 heavy (non-hydrogen) atoms. The summed E-state index contributed by atoms with van der Waals surface area (Å²) in [6, 6.07) is 4.66. The highest BCUT2D eigenvalue weighted by Gasteiger charge is 2.47. The Kier molecular flexibility index (Phi) is 5.39. The van der Waals surface area contributed by atoms with Crippen LogP contribution in [0.1, 0.15) is 19.8 Å². The maximum absolute atomic E-state index is 12.9. The average Bonchev–Trinajstić information content (AvgIpc) is 2.87. The summed E-state index contributed by atoms with van der Waals surface area (Å²) >= 11 is 0. The molecule has 4 amide bonds. The van der Waals surface area contributed by atoms with Crippen LogP contribution in [0.25, 0.3) is 0 Å². The number of urea groups is 1. The van der Waals surface area contributed by atoms with Gasteiger partial charge >= 0.3 is 6.03 Å². The first kappa shape index (κ1) is 20.2. The van der Waals surface area contributed by atoms with Gasteiger partial charge < -0.3 is 10.6 Å². The lowest BCUT2D eigenvalue weighted by Crippen LogP contribution is -2.53. The SMILES string of the molecule is C[C@]1(CS(=O)(=O)N2CCC(C(=O)Nc3ccc(F)cc3)CC2)NC(=O)NC1=O. The van der Waals surface area contributed by atoms with Crippen molar-refractivity contribution in [2.24, 2.45) is 5.92 Å². The molecular weight excluding hydrogens is 391 g/mol. The van der Waals surface area contributed by atoms with E-state index in [0.29, 0.717) is 18.5 Å². The van der Waals surface area contributed by atoms with Crippen molar-refractivity contribution in [1.82, 2.24) is 14.9 Å². The van der Waals surface area contributed by atoms with Crippen LogP contribution in [0.5, 0.6) is 0 Å². The van der Waals surface area contributed by atoms with Crippen LogP contribution in [0.2, 0.25) is 0 Å². The smallest absolute Gasteiger partial charge is 0.322 e. The van der Waals surface area contributed by atoms with Crippen LogP contribution in [-0.2, 0) is 19.6 Å². The minimum atomic E-state index is -3.81. The zero-order valence-electron chi connectivity index (χ0n) is 15.2. The van der Waals surface area contributed by atoms with Crippen LogP contribution in [0.4, 0.5) is 14.9 Å². The molecule has 2 aliphatic rings. The maximum Gasteiger partial charge on any atom is 0.322 e. The number of anilines is 1. The molecule has 0 radical (unpaired) electrons. The molecule has 2 aliphatic heterocycles. The van der Waals surface area contributed by atoms with Crippen molar-refractivity contribution in [3.05, 3.63) is 30.1 Å². The summed E-state index contributed by atoms with van der Waals surface area (Å²) in [7, 11) is -3.81. The fourth-order valence-corrected chi connectivity index (χ4v) is 5.19. The largest absolute Gasteiger partial charge is 0.326 e. The fourth-order valence-electron chi connectivity index (χ4n) is 3.31. The van der Waals surface area contributed by atoms with Crippen molar-refractivity contribution in [1.29, 1.82) is 0 Å². The number of carbonyl (C=O) groups excluding carboxylic acids is 3. The summed E-state index contributed by atoms with van der Waals surface area (Å²) in [5.41, 5.74) is -1.05. The summed E-state index contributed by atoms with van der Waals surface area (Å²) < 4.78 is 39.5. The van der Waals surface area contributed by atoms with E-state index in [1.165, 1.54) is 35.5 Å². The van der Waals surface area contributed by atoms with E-state index in [4.69, 9.17) is 0 Å². The molecule has 11 heteroatoms. The number of piperidine rings is 1. The number of halogens is 1. The average molecular weight is 412 g/mol. The van der Waals surface area contributed by atoms with E-state index in [0.717, 1.165) is 0 Å². The molecule has 0 unspecified atom stereocenters. The van der Waals surface area contributed by atoms with E-state index in [9.17, 15) is 27.2 Å². The van der Waals surface area contributed by atoms with Gasteiger partial charge in [-0.05, 0) is 44.0 Å². The minimum Gasteiger partial charge on any atom is -0.326 e. The Morgan fingerprint density at radius 3 is 2.39 bits per heavy atom. The van der Waals surface area contributed by atoms with Crippen molar-refractivity contribution in [3.8, 4) is 0 Å². The van der Waals surface area contributed by atoms with Crippen molar-refractivity contribution in [2.45, 2.75) is 25.3 Å². The summed E-state index contributed by atoms with van der Waals surface area (Å²) in [6.07, 6.45) is 0.642. The predicted molar refractivity (Wildman–Crippen MR) is 98.2 cm³/mol. The van der Waals surface area contributed by atoms with Gasteiger partial charge in [0.2, 0.25) is 15.9 Å². The van der Waals surface area contributed by atoms with Gasteiger partial charge in [-0.25, -0.2) is 21.9 Å². The van der Waals surface area contributed by atoms with Crippen molar-refractivity contribution in [2.75, 3.05) is 24.2 Å². The lowest BCUT2D eigenvalue weighted by molar-refractivity contribution is -0.122. The molecular formula is C17H21FN4O5S. The Hall–Kier alpha value is -2.53. The molecule has 2 heterocycles. The summed E-state index contributed by atoms with van der Waals surface area (Å²) in [4.78, 5) is 35.5. The number of hydrogen-bond donors (Lipinski definition) is 3. The molecule has 1 aromatic carbocycles. The number of hydrogen-bond acceptors (Lipinski definition) is 5. The molecule has 3 rings (SSSR count). The number of imide groups is 1. The molecule has 152 valence electrons. The topological polar surface area (TPSA) is 125 Å². The Labute approximate surface area is 161 Å². The monoisotopic (exact) mass is 412 g/mol. The first-order valence-corrected chi connectivity index (χ1v) is 10.4. The molecule has 2 saturated heterocycles. The first-order chi connectivity index (χ1) is 13.1. The number of carbonyl (C=O) groups is 3. The van der Waals surface area contributed by atoms with Crippen LogP contribution in [-0.4, -0.2) is 54.9 Å². The molecule has 0 aromatic heterocycles. The third kappa shape index (κ3) is 4.30. The standard InChI is InChI=1S/C17H21FN4O5S/c1-17(15(24)20-16(25)21-17)10-28(26,27)22-8-6-11(7-9-22)14(23)19-13-4-2-12(18)3-5-13/h2-5,11H,6-10H2,1H3,(H,19,23)(H2,20,21,24,25)/t17-/m1/s1.